The fourth-order valence-corrected chi connectivity index (χ4v) is 9.15. The highest BCUT2D eigenvalue weighted by molar-refractivity contribution is 5.80. The number of ether oxygens (including phenoxy) is 3. The van der Waals surface area contributed by atoms with Crippen LogP contribution in [-0.4, -0.2) is 99.6 Å². The van der Waals surface area contributed by atoms with Crippen LogP contribution in [0.2, 0.25) is 0 Å². The van der Waals surface area contributed by atoms with Crippen LogP contribution < -0.4 is 5.32 Å². The number of amides is 1. The third-order valence-corrected chi connectivity index (χ3v) is 14.2. The second-order valence-corrected chi connectivity index (χ2v) is 21.4. The van der Waals surface area contributed by atoms with Crippen LogP contribution >= 0.6 is 0 Å². The number of aliphatic hydroxyl groups is 5. The van der Waals surface area contributed by atoms with Crippen molar-refractivity contribution in [2.75, 3.05) is 13.2 Å². The molecule has 8 atom stereocenters. The molecule has 8 unspecified atom stereocenters. The van der Waals surface area contributed by atoms with Gasteiger partial charge in [-0.2, -0.15) is 0 Å². The maximum absolute atomic E-state index is 13.4. The number of hydrogen-bond donors (Lipinski definition) is 6. The van der Waals surface area contributed by atoms with Crippen molar-refractivity contribution in [2.45, 2.75) is 294 Å². The van der Waals surface area contributed by atoms with Crippen LogP contribution in [0.15, 0.2) is 109 Å². The van der Waals surface area contributed by atoms with Crippen LogP contribution in [-0.2, 0) is 23.8 Å². The Balaban J connectivity index is 2.67. The van der Waals surface area contributed by atoms with E-state index in [1.54, 1.807) is 6.08 Å². The van der Waals surface area contributed by atoms with Crippen LogP contribution in [0.1, 0.15) is 245 Å². The molecular formula is C68H115NO10. The van der Waals surface area contributed by atoms with Gasteiger partial charge in [-0.1, -0.05) is 239 Å². The predicted molar refractivity (Wildman–Crippen MR) is 328 cm³/mol. The Bertz CT molecular complexity index is 1700. The van der Waals surface area contributed by atoms with Gasteiger partial charge in [0.1, 0.15) is 24.4 Å². The number of aliphatic hydroxyl groups excluding tert-OH is 5. The van der Waals surface area contributed by atoms with E-state index in [1.807, 2.05) is 6.08 Å². The van der Waals surface area contributed by atoms with Gasteiger partial charge in [-0.05, 0) is 109 Å². The molecule has 1 aliphatic rings. The van der Waals surface area contributed by atoms with Crippen molar-refractivity contribution >= 4 is 11.9 Å². The van der Waals surface area contributed by atoms with Crippen LogP contribution in [0.4, 0.5) is 0 Å². The highest BCUT2D eigenvalue weighted by Crippen LogP contribution is 2.26. The first-order chi connectivity index (χ1) is 38.7. The fraction of sp³-hybridized carbons (Fsp3) is 0.706. The lowest BCUT2D eigenvalue weighted by Gasteiger charge is -2.41. The van der Waals surface area contributed by atoms with Gasteiger partial charge in [-0.25, -0.2) is 0 Å². The smallest absolute Gasteiger partial charge is 0.306 e. The predicted octanol–water partition coefficient (Wildman–Crippen LogP) is 15.3. The highest BCUT2D eigenvalue weighted by Gasteiger charge is 2.47. The molecule has 0 aliphatic carbocycles. The first-order valence-corrected chi connectivity index (χ1v) is 31.7. The number of carbonyl (C=O) groups excluding carboxylic acids is 2. The Kier molecular flexibility index (Phi) is 50.9. The van der Waals surface area contributed by atoms with Gasteiger partial charge >= 0.3 is 5.97 Å². The van der Waals surface area contributed by atoms with Gasteiger partial charge in [0.15, 0.2) is 12.4 Å². The van der Waals surface area contributed by atoms with E-state index in [0.29, 0.717) is 12.8 Å². The molecule has 0 aromatic heterocycles. The molecular weight excluding hydrogens is 991 g/mol. The van der Waals surface area contributed by atoms with Crippen LogP contribution in [0.25, 0.3) is 0 Å². The maximum Gasteiger partial charge on any atom is 0.306 e. The number of unbranched alkanes of at least 4 members (excludes halogenated alkanes) is 22. The number of carbonyl (C=O) groups is 2. The van der Waals surface area contributed by atoms with Gasteiger partial charge in [0, 0.05) is 6.42 Å². The topological polar surface area (TPSA) is 175 Å². The average Bonchev–Trinajstić information content (AvgIpc) is 3.47. The van der Waals surface area contributed by atoms with Crippen LogP contribution in [0.3, 0.4) is 0 Å². The Hall–Kier alpha value is -3.68. The van der Waals surface area contributed by atoms with Crippen molar-refractivity contribution in [1.82, 2.24) is 5.32 Å². The largest absolute Gasteiger partial charge is 0.454 e. The lowest BCUT2D eigenvalue weighted by Crippen LogP contribution is -2.61. The van der Waals surface area contributed by atoms with Gasteiger partial charge in [-0.3, -0.25) is 9.59 Å². The average molecular weight is 1110 g/mol. The van der Waals surface area contributed by atoms with Crippen molar-refractivity contribution < 1.29 is 49.3 Å². The van der Waals surface area contributed by atoms with Crippen molar-refractivity contribution in [1.29, 1.82) is 0 Å². The first-order valence-electron chi connectivity index (χ1n) is 31.7. The Morgan fingerprint density at radius 3 is 1.39 bits per heavy atom. The van der Waals surface area contributed by atoms with E-state index in [4.69, 9.17) is 14.2 Å². The summed E-state index contributed by atoms with van der Waals surface area (Å²) in [4.78, 5) is 26.6. The number of hydrogen-bond acceptors (Lipinski definition) is 10. The molecule has 0 bridgehead atoms. The minimum Gasteiger partial charge on any atom is -0.454 e. The molecule has 0 saturated carbocycles. The number of rotatable bonds is 52. The molecule has 11 nitrogen and oxygen atoms in total. The van der Waals surface area contributed by atoms with E-state index in [-0.39, 0.29) is 19.4 Å². The maximum atomic E-state index is 13.4. The Morgan fingerprint density at radius 1 is 0.506 bits per heavy atom. The zero-order valence-corrected chi connectivity index (χ0v) is 50.0. The molecule has 1 rings (SSSR count). The van der Waals surface area contributed by atoms with Gasteiger partial charge in [0.05, 0.1) is 25.4 Å². The molecule has 1 amide bonds. The minimum absolute atomic E-state index is 0.0869. The molecule has 11 heteroatoms. The van der Waals surface area contributed by atoms with E-state index in [9.17, 15) is 35.1 Å². The molecule has 1 aliphatic heterocycles. The first kappa shape index (κ1) is 73.3. The van der Waals surface area contributed by atoms with Crippen LogP contribution in [0, 0.1) is 0 Å². The second kappa shape index (κ2) is 54.9. The van der Waals surface area contributed by atoms with E-state index >= 15 is 0 Å². The quantitative estimate of drug-likeness (QED) is 0.0195. The molecule has 0 aromatic carbocycles. The summed E-state index contributed by atoms with van der Waals surface area (Å²) in [5.74, 6) is -1.24. The number of esters is 1. The summed E-state index contributed by atoms with van der Waals surface area (Å²) in [6.45, 7) is 5.61. The number of nitrogens with one attached hydrogen (secondary N) is 1. The molecule has 0 spiro atoms. The zero-order chi connectivity index (χ0) is 57.5. The van der Waals surface area contributed by atoms with Gasteiger partial charge < -0.3 is 45.1 Å². The summed E-state index contributed by atoms with van der Waals surface area (Å²) in [7, 11) is 0. The van der Waals surface area contributed by atoms with Crippen molar-refractivity contribution in [3.8, 4) is 0 Å². The second-order valence-electron chi connectivity index (χ2n) is 21.4. The van der Waals surface area contributed by atoms with Gasteiger partial charge in [0.25, 0.3) is 0 Å². The molecule has 6 N–H and O–H groups in total. The normalized spacial score (nSPS) is 19.6. The SMILES string of the molecule is CC/C=C\C/C=C\C/C=C\C/C=C\C/C=C\C/C=C\CCCCCCC(=O)OC1C(OCC(NC(=O)C(O)CCCCCCCC/C=C\C/C=C\CCCCC)C(O)/C=C/CCCCCCCCCCC)OC(CO)C(O)C1O. The molecule has 79 heavy (non-hydrogen) atoms. The highest BCUT2D eigenvalue weighted by atomic mass is 16.7. The lowest BCUT2D eigenvalue weighted by atomic mass is 9.99. The monoisotopic (exact) mass is 1110 g/mol. The van der Waals surface area contributed by atoms with E-state index in [2.05, 4.69) is 123 Å². The summed E-state index contributed by atoms with van der Waals surface area (Å²) < 4.78 is 17.6. The molecule has 0 radical (unpaired) electrons. The van der Waals surface area contributed by atoms with E-state index in [0.717, 1.165) is 135 Å². The molecule has 452 valence electrons. The third kappa shape index (κ3) is 42.8. The van der Waals surface area contributed by atoms with Gasteiger partial charge in [0.2, 0.25) is 5.91 Å². The lowest BCUT2D eigenvalue weighted by molar-refractivity contribution is -0.305. The minimum atomic E-state index is -1.63. The third-order valence-electron chi connectivity index (χ3n) is 14.2. The van der Waals surface area contributed by atoms with E-state index < -0.39 is 67.4 Å². The Labute approximate surface area is 481 Å². The summed E-state index contributed by atoms with van der Waals surface area (Å²) >= 11 is 0. The van der Waals surface area contributed by atoms with E-state index in [1.165, 1.54) is 64.2 Å². The van der Waals surface area contributed by atoms with Crippen molar-refractivity contribution in [3.05, 3.63) is 109 Å². The molecule has 1 saturated heterocycles. The van der Waals surface area contributed by atoms with Crippen molar-refractivity contribution in [3.63, 3.8) is 0 Å². The zero-order valence-electron chi connectivity index (χ0n) is 50.0. The summed E-state index contributed by atoms with van der Waals surface area (Å²) in [5.41, 5.74) is 0. The fourth-order valence-electron chi connectivity index (χ4n) is 9.15. The van der Waals surface area contributed by atoms with Gasteiger partial charge in [-0.15, -0.1) is 0 Å². The standard InChI is InChI=1S/C68H115NO10/c1-4-7-10-13-16-19-22-24-26-28-29-30-31-32-33-34-36-38-41-44-47-50-53-56-63(73)79-66-65(75)64(74)62(57-70)78-68(66)77-58-59(60(71)54-51-48-45-42-39-21-18-15-12-9-6-3)69-67(76)61(72)55-52-49-46-43-40-37-35-27-25-23-20-17-14-11-8-5-2/h7,10,16-17,19-20,24-27,29-30,32-33,36,38,51,54,59-62,64-66,68,70-72,74-75H,4-6,8-9,11-15,18,21-23,28,31,34-35,37,39-50,52-53,55-58H2,1-3H3,(H,69,76)/b10-7-,19-16-,20-17-,26-24-,27-25-,30-29-,33-32-,38-36-,54-51+. The Morgan fingerprint density at radius 2 is 0.911 bits per heavy atom. The summed E-state index contributed by atoms with van der Waals surface area (Å²) in [6, 6.07) is -1.04. The van der Waals surface area contributed by atoms with Crippen molar-refractivity contribution in [2.24, 2.45) is 0 Å². The summed E-state index contributed by atoms with van der Waals surface area (Å²) in [6.07, 6.45) is 64.0. The molecule has 1 fully saturated rings. The molecule has 0 aromatic rings. The van der Waals surface area contributed by atoms with Crippen LogP contribution in [0.5, 0.6) is 0 Å². The number of allylic oxidation sites excluding steroid dienone is 17. The molecule has 1 heterocycles. The summed E-state index contributed by atoms with van der Waals surface area (Å²) in [5, 5.41) is 57.0.